The van der Waals surface area contributed by atoms with Crippen LogP contribution >= 0.6 is 0 Å². The Hall–Kier alpha value is -1.40. The van der Waals surface area contributed by atoms with Crippen LogP contribution in [0.2, 0.25) is 0 Å². The number of aliphatic hydroxyl groups excluding tert-OH is 2. The normalized spacial score (nSPS) is 30.3. The average Bonchev–Trinajstić information content (AvgIpc) is 3.29. The second-order valence-corrected chi connectivity index (χ2v) is 12.2. The molecule has 0 aromatic rings. The summed E-state index contributed by atoms with van der Waals surface area (Å²) in [4.78, 5) is 22.5. The summed E-state index contributed by atoms with van der Waals surface area (Å²) < 4.78 is 0. The predicted octanol–water partition coefficient (Wildman–Crippen LogP) is 5.66. The molecule has 4 N–H and O–H groups in total. The number of carboxylic acids is 2. The third kappa shape index (κ3) is 8.08. The highest BCUT2D eigenvalue weighted by molar-refractivity contribution is 5.73. The maximum atomic E-state index is 11.2. The smallest absolute Gasteiger partial charge is 0.309 e. The Kier molecular flexibility index (Phi) is 10.6. The van der Waals surface area contributed by atoms with Crippen LogP contribution in [-0.4, -0.2) is 44.6 Å². The van der Waals surface area contributed by atoms with E-state index < -0.39 is 22.8 Å². The molecule has 0 heterocycles. The van der Waals surface area contributed by atoms with Gasteiger partial charge in [0.2, 0.25) is 0 Å². The molecule has 0 amide bonds. The van der Waals surface area contributed by atoms with Gasteiger partial charge in [-0.2, -0.15) is 0 Å². The van der Waals surface area contributed by atoms with Gasteiger partial charge in [-0.15, -0.1) is 0 Å². The van der Waals surface area contributed by atoms with E-state index in [2.05, 4.69) is 12.2 Å². The summed E-state index contributed by atoms with van der Waals surface area (Å²) in [6, 6.07) is 0. The van der Waals surface area contributed by atoms with E-state index in [4.69, 9.17) is 0 Å². The lowest BCUT2D eigenvalue weighted by Crippen LogP contribution is -2.24. The number of hydrogen-bond donors (Lipinski definition) is 4. The van der Waals surface area contributed by atoms with Crippen LogP contribution in [0.4, 0.5) is 0 Å². The topological polar surface area (TPSA) is 115 Å². The molecule has 0 saturated heterocycles. The van der Waals surface area contributed by atoms with Crippen LogP contribution in [0.5, 0.6) is 0 Å². The Morgan fingerprint density at radius 2 is 1.03 bits per heavy atom. The summed E-state index contributed by atoms with van der Waals surface area (Å²) in [5, 5.41) is 40.0. The van der Waals surface area contributed by atoms with Crippen molar-refractivity contribution in [1.82, 2.24) is 0 Å². The van der Waals surface area contributed by atoms with E-state index in [1.165, 1.54) is 0 Å². The number of carboxylic acid groups (broad SMARTS) is 2. The van der Waals surface area contributed by atoms with Crippen molar-refractivity contribution in [1.29, 1.82) is 0 Å². The Bertz CT molecular complexity index is 639. The van der Waals surface area contributed by atoms with Gasteiger partial charge < -0.3 is 20.4 Å². The number of aliphatic hydroxyl groups is 2. The first-order chi connectivity index (χ1) is 15.8. The van der Waals surface area contributed by atoms with Crippen molar-refractivity contribution in [3.8, 4) is 0 Å². The number of hydrogen-bond acceptors (Lipinski definition) is 4. The molecule has 196 valence electrons. The van der Waals surface area contributed by atoms with E-state index >= 15 is 0 Å². The van der Waals surface area contributed by atoms with Crippen LogP contribution in [0.1, 0.15) is 105 Å². The van der Waals surface area contributed by atoms with Crippen molar-refractivity contribution in [2.75, 3.05) is 0 Å². The molecule has 2 aliphatic carbocycles. The molecule has 2 fully saturated rings. The monoisotopic (exact) mass is 480 g/mol. The van der Waals surface area contributed by atoms with Crippen molar-refractivity contribution in [2.45, 2.75) is 117 Å². The summed E-state index contributed by atoms with van der Waals surface area (Å²) in [7, 11) is 0. The molecular weight excluding hydrogens is 432 g/mol. The van der Waals surface area contributed by atoms with Crippen molar-refractivity contribution in [3.63, 3.8) is 0 Å². The minimum Gasteiger partial charge on any atom is -0.481 e. The molecule has 0 bridgehead atoms. The number of unbranched alkanes of at least 4 members (excludes halogenated alkanes) is 2. The highest BCUT2D eigenvalue weighted by Gasteiger charge is 2.36. The van der Waals surface area contributed by atoms with E-state index in [0.717, 1.165) is 64.2 Å². The van der Waals surface area contributed by atoms with Crippen molar-refractivity contribution in [3.05, 3.63) is 12.2 Å². The van der Waals surface area contributed by atoms with E-state index in [-0.39, 0.29) is 35.9 Å². The van der Waals surface area contributed by atoms with Crippen molar-refractivity contribution >= 4 is 11.9 Å². The highest BCUT2D eigenvalue weighted by Crippen LogP contribution is 2.39. The van der Waals surface area contributed by atoms with Gasteiger partial charge in [0.05, 0.1) is 23.0 Å². The molecule has 6 nitrogen and oxygen atoms in total. The third-order valence-corrected chi connectivity index (χ3v) is 8.60. The molecule has 2 saturated carbocycles. The SMILES string of the molecule is CC(C)(CCCCC1CCC(/C=C/C2CCC(CCCCC(C)(C)C(=O)O)C2O)C1O)C(=O)O. The maximum Gasteiger partial charge on any atom is 0.309 e. The molecule has 2 aliphatic rings. The zero-order chi connectivity index (χ0) is 25.5. The molecular formula is C28H48O6. The van der Waals surface area contributed by atoms with Crippen LogP contribution in [0.25, 0.3) is 0 Å². The Balaban J connectivity index is 1.70. The van der Waals surface area contributed by atoms with Crippen LogP contribution in [0.3, 0.4) is 0 Å². The Morgan fingerprint density at radius 1 is 0.676 bits per heavy atom. The number of rotatable bonds is 14. The predicted molar refractivity (Wildman–Crippen MR) is 133 cm³/mol. The zero-order valence-corrected chi connectivity index (χ0v) is 21.7. The maximum absolute atomic E-state index is 11.2. The largest absolute Gasteiger partial charge is 0.481 e. The Labute approximate surface area is 205 Å². The Morgan fingerprint density at radius 3 is 1.35 bits per heavy atom. The molecule has 0 radical (unpaired) electrons. The summed E-state index contributed by atoms with van der Waals surface area (Å²) in [5.74, 6) is -0.665. The van der Waals surface area contributed by atoms with Crippen molar-refractivity contribution in [2.24, 2.45) is 34.5 Å². The quantitative estimate of drug-likeness (QED) is 0.188. The molecule has 6 heteroatoms. The first-order valence-electron chi connectivity index (χ1n) is 13.4. The second-order valence-electron chi connectivity index (χ2n) is 12.2. The lowest BCUT2D eigenvalue weighted by molar-refractivity contribution is -0.148. The molecule has 6 atom stereocenters. The van der Waals surface area contributed by atoms with Gasteiger partial charge in [-0.25, -0.2) is 0 Å². The van der Waals surface area contributed by atoms with Crippen LogP contribution in [-0.2, 0) is 9.59 Å². The fraction of sp³-hybridized carbons (Fsp3) is 0.857. The van der Waals surface area contributed by atoms with E-state index in [0.29, 0.717) is 12.8 Å². The lowest BCUT2D eigenvalue weighted by atomic mass is 9.85. The first-order valence-corrected chi connectivity index (χ1v) is 13.4. The standard InChI is InChI=1S/C28H48O6/c1-27(2,25(31)32)17-7-5-9-19-11-13-21(23(19)29)15-16-22-14-12-20(24(22)30)10-6-8-18-28(3,4)26(33)34/h15-16,19-24,29-30H,5-14,17-18H2,1-4H3,(H,31,32)(H,33,34)/b16-15+. The van der Waals surface area contributed by atoms with Crippen LogP contribution in [0.15, 0.2) is 12.2 Å². The minimum absolute atomic E-state index is 0.143. The third-order valence-electron chi connectivity index (χ3n) is 8.60. The molecule has 0 aromatic heterocycles. The van der Waals surface area contributed by atoms with Gasteiger partial charge in [0.15, 0.2) is 0 Å². The van der Waals surface area contributed by atoms with Crippen molar-refractivity contribution < 1.29 is 30.0 Å². The molecule has 0 spiro atoms. The van der Waals surface area contributed by atoms with Gasteiger partial charge in [0.25, 0.3) is 0 Å². The summed E-state index contributed by atoms with van der Waals surface area (Å²) in [6.07, 6.45) is 14.3. The molecule has 6 unspecified atom stereocenters. The van der Waals surface area contributed by atoms with Gasteiger partial charge in [-0.05, 0) is 90.9 Å². The molecule has 0 aromatic carbocycles. The van der Waals surface area contributed by atoms with Gasteiger partial charge in [-0.1, -0.05) is 37.8 Å². The van der Waals surface area contributed by atoms with Crippen LogP contribution < -0.4 is 0 Å². The fourth-order valence-electron chi connectivity index (χ4n) is 5.69. The summed E-state index contributed by atoms with van der Waals surface area (Å²) in [5.41, 5.74) is -1.37. The summed E-state index contributed by atoms with van der Waals surface area (Å²) >= 11 is 0. The van der Waals surface area contributed by atoms with E-state index in [9.17, 15) is 30.0 Å². The van der Waals surface area contributed by atoms with Gasteiger partial charge >= 0.3 is 11.9 Å². The van der Waals surface area contributed by atoms with Gasteiger partial charge in [0, 0.05) is 11.8 Å². The highest BCUT2D eigenvalue weighted by atomic mass is 16.4. The first kappa shape index (κ1) is 28.8. The fourth-order valence-corrected chi connectivity index (χ4v) is 5.69. The molecule has 2 rings (SSSR count). The van der Waals surface area contributed by atoms with Gasteiger partial charge in [0.1, 0.15) is 0 Å². The van der Waals surface area contributed by atoms with Crippen LogP contribution in [0, 0.1) is 34.5 Å². The van der Waals surface area contributed by atoms with E-state index in [1.54, 1.807) is 27.7 Å². The minimum atomic E-state index is -0.753. The summed E-state index contributed by atoms with van der Waals surface area (Å²) in [6.45, 7) is 7.07. The molecule has 34 heavy (non-hydrogen) atoms. The zero-order valence-electron chi connectivity index (χ0n) is 21.7. The number of carbonyl (C=O) groups is 2. The van der Waals surface area contributed by atoms with E-state index in [1.807, 2.05) is 0 Å². The lowest BCUT2D eigenvalue weighted by Gasteiger charge is -2.21. The second kappa shape index (κ2) is 12.5. The average molecular weight is 481 g/mol. The van der Waals surface area contributed by atoms with Gasteiger partial charge in [-0.3, -0.25) is 9.59 Å². The molecule has 0 aliphatic heterocycles. The number of aliphatic carboxylic acids is 2.